The topological polar surface area (TPSA) is 44.8 Å². The van der Waals surface area contributed by atoms with Crippen LogP contribution in [0.15, 0.2) is 43.0 Å². The summed E-state index contributed by atoms with van der Waals surface area (Å²) in [6.07, 6.45) is 10.2. The highest BCUT2D eigenvalue weighted by Crippen LogP contribution is 2.40. The smallest absolute Gasteiger partial charge is 0.314 e. The van der Waals surface area contributed by atoms with E-state index in [1.165, 1.54) is 12.1 Å². The Balaban J connectivity index is 1.28. The summed E-state index contributed by atoms with van der Waals surface area (Å²) in [4.78, 5) is 12.8. The van der Waals surface area contributed by atoms with Gasteiger partial charge in [0.05, 0.1) is 18.6 Å². The zero-order valence-electron chi connectivity index (χ0n) is 23.4. The van der Waals surface area contributed by atoms with Gasteiger partial charge >= 0.3 is 5.97 Å². The summed E-state index contributed by atoms with van der Waals surface area (Å²) in [5.74, 6) is -3.50. The molecule has 0 saturated heterocycles. The number of hydrogen-bond donors (Lipinski definition) is 0. The predicted octanol–water partition coefficient (Wildman–Crippen LogP) is 8.78. The van der Waals surface area contributed by atoms with Crippen LogP contribution in [0.2, 0.25) is 0 Å². The first-order valence-corrected chi connectivity index (χ1v) is 14.8. The second kappa shape index (κ2) is 14.7. The summed E-state index contributed by atoms with van der Waals surface area (Å²) in [7, 11) is 0. The Morgan fingerprint density at radius 3 is 2.27 bits per heavy atom. The molecule has 0 aliphatic heterocycles. The van der Waals surface area contributed by atoms with Crippen molar-refractivity contribution >= 4 is 5.97 Å². The van der Waals surface area contributed by atoms with E-state index in [0.29, 0.717) is 44.3 Å². The van der Waals surface area contributed by atoms with Gasteiger partial charge in [-0.25, -0.2) is 8.78 Å². The highest BCUT2D eigenvalue weighted by molar-refractivity contribution is 5.75. The number of benzene rings is 2. The second-order valence-corrected chi connectivity index (χ2v) is 11.1. The lowest BCUT2D eigenvalue weighted by Crippen LogP contribution is -2.26. The van der Waals surface area contributed by atoms with Crippen LogP contribution in [-0.4, -0.2) is 25.3 Å². The normalized spacial score (nSPS) is 23.0. The van der Waals surface area contributed by atoms with Gasteiger partial charge in [-0.15, -0.1) is 6.58 Å². The third-order valence-corrected chi connectivity index (χ3v) is 8.32. The van der Waals surface area contributed by atoms with Crippen molar-refractivity contribution in [2.75, 3.05) is 13.2 Å². The van der Waals surface area contributed by atoms with E-state index in [1.807, 2.05) is 6.07 Å². The fourth-order valence-electron chi connectivity index (χ4n) is 5.87. The van der Waals surface area contributed by atoms with Gasteiger partial charge in [-0.1, -0.05) is 31.6 Å². The Labute approximate surface area is 235 Å². The van der Waals surface area contributed by atoms with Crippen molar-refractivity contribution in [1.29, 1.82) is 0 Å². The molecule has 2 aliphatic carbocycles. The standard InChI is InChI=1S/C33H41F3O4/c1-3-5-19-38-26-14-11-23(12-15-26)27-16-18-30(32(36)31(27)35)40-33(37)24-9-7-22(8-10-24)25-13-17-29(28(34)21-25)39-20-6-4-2/h4,13,16-18,21-24,26H,2-3,5-12,14-15,19-20H2,1H3. The lowest BCUT2D eigenvalue weighted by molar-refractivity contribution is -0.140. The van der Waals surface area contributed by atoms with Crippen LogP contribution in [0.5, 0.6) is 11.5 Å². The maximum atomic E-state index is 15.0. The van der Waals surface area contributed by atoms with Crippen molar-refractivity contribution in [3.63, 3.8) is 0 Å². The van der Waals surface area contributed by atoms with Crippen LogP contribution in [0, 0.1) is 23.4 Å². The molecule has 7 heteroatoms. The molecule has 2 aromatic rings. The average Bonchev–Trinajstić information content (AvgIpc) is 2.97. The minimum atomic E-state index is -1.10. The van der Waals surface area contributed by atoms with Gasteiger partial charge < -0.3 is 14.2 Å². The van der Waals surface area contributed by atoms with Crippen LogP contribution in [0.1, 0.15) is 101 Å². The van der Waals surface area contributed by atoms with Crippen LogP contribution >= 0.6 is 0 Å². The number of carbonyl (C=O) groups excluding carboxylic acids is 1. The van der Waals surface area contributed by atoms with Crippen LogP contribution in [0.3, 0.4) is 0 Å². The van der Waals surface area contributed by atoms with Gasteiger partial charge in [0.25, 0.3) is 0 Å². The molecule has 0 unspecified atom stereocenters. The molecule has 218 valence electrons. The summed E-state index contributed by atoms with van der Waals surface area (Å²) in [6, 6.07) is 7.93. The summed E-state index contributed by atoms with van der Waals surface area (Å²) >= 11 is 0. The molecule has 2 aliphatic rings. The largest absolute Gasteiger partial charge is 0.490 e. The van der Waals surface area contributed by atoms with Gasteiger partial charge in [0.1, 0.15) is 0 Å². The van der Waals surface area contributed by atoms with E-state index in [0.717, 1.165) is 50.7 Å². The van der Waals surface area contributed by atoms with Crippen LogP contribution in [0.25, 0.3) is 0 Å². The molecule has 0 radical (unpaired) electrons. The quantitative estimate of drug-likeness (QED) is 0.113. The molecular weight excluding hydrogens is 517 g/mol. The minimum Gasteiger partial charge on any atom is -0.490 e. The first-order chi connectivity index (χ1) is 19.4. The molecule has 40 heavy (non-hydrogen) atoms. The fourth-order valence-corrected chi connectivity index (χ4v) is 5.87. The number of ether oxygens (including phenoxy) is 3. The summed E-state index contributed by atoms with van der Waals surface area (Å²) in [5.41, 5.74) is 1.21. The van der Waals surface area contributed by atoms with Crippen LogP contribution < -0.4 is 9.47 Å². The van der Waals surface area contributed by atoms with Crippen molar-refractivity contribution in [3.05, 3.63) is 71.6 Å². The van der Waals surface area contributed by atoms with Crippen molar-refractivity contribution in [3.8, 4) is 11.5 Å². The molecule has 0 amide bonds. The molecule has 0 atom stereocenters. The summed E-state index contributed by atoms with van der Waals surface area (Å²) in [6.45, 7) is 6.86. The number of unbranched alkanes of at least 4 members (excludes halogenated alkanes) is 1. The number of rotatable bonds is 12. The first-order valence-electron chi connectivity index (χ1n) is 14.8. The van der Waals surface area contributed by atoms with Gasteiger partial charge in [-0.2, -0.15) is 4.39 Å². The Hall–Kier alpha value is -2.80. The number of esters is 1. The SMILES string of the molecule is C=CCCOc1ccc(C2CCC(C(=O)Oc3ccc(C4CCC(OCCCC)CC4)c(F)c3F)CC2)cc1F. The lowest BCUT2D eigenvalue weighted by atomic mass is 9.78. The van der Waals surface area contributed by atoms with Crippen molar-refractivity contribution in [2.45, 2.75) is 95.5 Å². The minimum absolute atomic E-state index is 0.0711. The Kier molecular flexibility index (Phi) is 11.1. The van der Waals surface area contributed by atoms with Crippen molar-refractivity contribution in [2.24, 2.45) is 5.92 Å². The molecule has 0 spiro atoms. The van der Waals surface area contributed by atoms with E-state index in [-0.39, 0.29) is 29.4 Å². The zero-order chi connectivity index (χ0) is 28.5. The van der Waals surface area contributed by atoms with Crippen molar-refractivity contribution in [1.82, 2.24) is 0 Å². The fraction of sp³-hybridized carbons (Fsp3) is 0.545. The van der Waals surface area contributed by atoms with Gasteiger partial charge in [0.15, 0.2) is 23.1 Å². The Bertz CT molecular complexity index is 1130. The maximum Gasteiger partial charge on any atom is 0.314 e. The first kappa shape index (κ1) is 30.2. The predicted molar refractivity (Wildman–Crippen MR) is 149 cm³/mol. The van der Waals surface area contributed by atoms with Crippen LogP contribution in [0.4, 0.5) is 13.2 Å². The zero-order valence-corrected chi connectivity index (χ0v) is 23.4. The van der Waals surface area contributed by atoms with Gasteiger partial charge in [0.2, 0.25) is 5.82 Å². The average molecular weight is 559 g/mol. The monoisotopic (exact) mass is 558 g/mol. The molecule has 2 saturated carbocycles. The maximum absolute atomic E-state index is 15.0. The molecule has 0 N–H and O–H groups in total. The van der Waals surface area contributed by atoms with E-state index < -0.39 is 29.3 Å². The van der Waals surface area contributed by atoms with E-state index in [4.69, 9.17) is 14.2 Å². The molecule has 4 nitrogen and oxygen atoms in total. The number of halogens is 3. The molecule has 4 rings (SSSR count). The van der Waals surface area contributed by atoms with Crippen LogP contribution in [-0.2, 0) is 9.53 Å². The third kappa shape index (κ3) is 7.68. The summed E-state index contributed by atoms with van der Waals surface area (Å²) < 4.78 is 61.1. The summed E-state index contributed by atoms with van der Waals surface area (Å²) in [5, 5.41) is 0. The number of hydrogen-bond acceptors (Lipinski definition) is 4. The van der Waals surface area contributed by atoms with E-state index >= 15 is 4.39 Å². The lowest BCUT2D eigenvalue weighted by Gasteiger charge is -2.29. The van der Waals surface area contributed by atoms with E-state index in [1.54, 1.807) is 18.2 Å². The molecule has 0 heterocycles. The molecule has 2 aromatic carbocycles. The number of carbonyl (C=O) groups is 1. The highest BCUT2D eigenvalue weighted by Gasteiger charge is 2.31. The molecule has 2 fully saturated rings. The van der Waals surface area contributed by atoms with E-state index in [2.05, 4.69) is 13.5 Å². The van der Waals surface area contributed by atoms with E-state index in [9.17, 15) is 13.6 Å². The second-order valence-electron chi connectivity index (χ2n) is 11.1. The molecule has 0 aromatic heterocycles. The van der Waals surface area contributed by atoms with Gasteiger partial charge in [-0.05, 0) is 105 Å². The van der Waals surface area contributed by atoms with Gasteiger partial charge in [-0.3, -0.25) is 4.79 Å². The van der Waals surface area contributed by atoms with Gasteiger partial charge in [0, 0.05) is 6.61 Å². The Morgan fingerprint density at radius 1 is 0.900 bits per heavy atom. The highest BCUT2D eigenvalue weighted by atomic mass is 19.2. The third-order valence-electron chi connectivity index (χ3n) is 8.32. The molecule has 0 bridgehead atoms. The molecular formula is C33H41F3O4. The Morgan fingerprint density at radius 2 is 1.60 bits per heavy atom. The van der Waals surface area contributed by atoms with Crippen molar-refractivity contribution < 1.29 is 32.2 Å².